The summed E-state index contributed by atoms with van der Waals surface area (Å²) in [5.41, 5.74) is 1.83. The Balaban J connectivity index is 2.11. The Kier molecular flexibility index (Phi) is 3.00. The summed E-state index contributed by atoms with van der Waals surface area (Å²) in [5.74, 6) is 1.49. The quantitative estimate of drug-likeness (QED) is 0.806. The van der Waals surface area contributed by atoms with Crippen LogP contribution in [0.15, 0.2) is 18.6 Å². The van der Waals surface area contributed by atoms with E-state index in [0.717, 1.165) is 17.2 Å². The summed E-state index contributed by atoms with van der Waals surface area (Å²) in [4.78, 5) is 8.18. The number of aromatic nitrogens is 4. The van der Waals surface area contributed by atoms with Crippen molar-refractivity contribution >= 4 is 5.69 Å². The molecule has 0 aliphatic rings. The van der Waals surface area contributed by atoms with Crippen LogP contribution in [0.1, 0.15) is 11.5 Å². The number of aryl methyl sites for hydroxylation is 1. The summed E-state index contributed by atoms with van der Waals surface area (Å²) >= 11 is 0. The summed E-state index contributed by atoms with van der Waals surface area (Å²) < 4.78 is 5.20. The van der Waals surface area contributed by atoms with Crippen LogP contribution in [-0.2, 0) is 6.54 Å². The number of aromatic amines is 1. The first-order valence-corrected chi connectivity index (χ1v) is 4.88. The molecule has 0 unspecified atom stereocenters. The van der Waals surface area contributed by atoms with Crippen LogP contribution in [0.2, 0.25) is 0 Å². The molecule has 2 heterocycles. The van der Waals surface area contributed by atoms with Crippen LogP contribution in [0.4, 0.5) is 5.69 Å². The third-order valence-corrected chi connectivity index (χ3v) is 2.14. The maximum absolute atomic E-state index is 5.20. The first-order chi connectivity index (χ1) is 7.79. The van der Waals surface area contributed by atoms with Gasteiger partial charge in [0.25, 0.3) is 0 Å². The number of pyridine rings is 1. The molecule has 2 rings (SSSR count). The monoisotopic (exact) mass is 219 g/mol. The Hall–Kier alpha value is -2.11. The number of nitrogens with one attached hydrogen (secondary N) is 2. The molecule has 2 N–H and O–H groups in total. The van der Waals surface area contributed by atoms with Crippen molar-refractivity contribution < 1.29 is 4.74 Å². The second-order valence-corrected chi connectivity index (χ2v) is 3.31. The van der Waals surface area contributed by atoms with Gasteiger partial charge in [0.15, 0.2) is 5.75 Å². The van der Waals surface area contributed by atoms with Crippen molar-refractivity contribution in [3.05, 3.63) is 30.1 Å². The van der Waals surface area contributed by atoms with Crippen molar-refractivity contribution in [3.8, 4) is 5.75 Å². The van der Waals surface area contributed by atoms with Crippen LogP contribution >= 0.6 is 0 Å². The van der Waals surface area contributed by atoms with Gasteiger partial charge in [-0.3, -0.25) is 10.1 Å². The standard InChI is InChI=1S/C10H13N5O/c1-7-3-8(9(16-2)4-11-7)12-5-10-13-6-14-15-10/h3-4,6H,5H2,1-2H3,(H,11,12)(H,13,14,15). The van der Waals surface area contributed by atoms with Gasteiger partial charge in [-0.2, -0.15) is 5.10 Å². The zero-order valence-corrected chi connectivity index (χ0v) is 9.19. The molecule has 16 heavy (non-hydrogen) atoms. The first-order valence-electron chi connectivity index (χ1n) is 4.88. The van der Waals surface area contributed by atoms with E-state index in [1.54, 1.807) is 13.3 Å². The minimum absolute atomic E-state index is 0.569. The van der Waals surface area contributed by atoms with Crippen molar-refractivity contribution in [3.63, 3.8) is 0 Å². The zero-order chi connectivity index (χ0) is 11.4. The smallest absolute Gasteiger partial charge is 0.160 e. The van der Waals surface area contributed by atoms with E-state index in [1.807, 2.05) is 13.0 Å². The molecule has 0 saturated carbocycles. The molecule has 0 amide bonds. The fourth-order valence-electron chi connectivity index (χ4n) is 1.34. The number of methoxy groups -OCH3 is 1. The van der Waals surface area contributed by atoms with Crippen molar-refractivity contribution in [1.82, 2.24) is 20.2 Å². The summed E-state index contributed by atoms with van der Waals surface area (Å²) in [5, 5.41) is 9.76. The molecule has 2 aromatic rings. The molecule has 0 saturated heterocycles. The molecule has 84 valence electrons. The summed E-state index contributed by atoms with van der Waals surface area (Å²) in [6, 6.07) is 1.93. The highest BCUT2D eigenvalue weighted by atomic mass is 16.5. The molecule has 0 aliphatic heterocycles. The van der Waals surface area contributed by atoms with Gasteiger partial charge in [-0.1, -0.05) is 0 Å². The number of hydrogen-bond donors (Lipinski definition) is 2. The predicted molar refractivity (Wildman–Crippen MR) is 59.2 cm³/mol. The lowest BCUT2D eigenvalue weighted by atomic mass is 10.3. The normalized spacial score (nSPS) is 10.1. The molecular formula is C10H13N5O. The second-order valence-electron chi connectivity index (χ2n) is 3.31. The largest absolute Gasteiger partial charge is 0.493 e. The van der Waals surface area contributed by atoms with E-state index < -0.39 is 0 Å². The van der Waals surface area contributed by atoms with Crippen LogP contribution < -0.4 is 10.1 Å². The molecule has 6 heteroatoms. The lowest BCUT2D eigenvalue weighted by Crippen LogP contribution is -2.03. The molecular weight excluding hydrogens is 206 g/mol. The highest BCUT2D eigenvalue weighted by molar-refractivity contribution is 5.55. The molecule has 0 aromatic carbocycles. The van der Waals surface area contributed by atoms with Gasteiger partial charge in [0.1, 0.15) is 12.2 Å². The van der Waals surface area contributed by atoms with Gasteiger partial charge in [-0.05, 0) is 13.0 Å². The first kappa shape index (κ1) is 10.4. The molecule has 0 atom stereocenters. The lowest BCUT2D eigenvalue weighted by molar-refractivity contribution is 0.414. The minimum Gasteiger partial charge on any atom is -0.493 e. The van der Waals surface area contributed by atoms with E-state index >= 15 is 0 Å². The summed E-state index contributed by atoms with van der Waals surface area (Å²) in [6.07, 6.45) is 3.17. The van der Waals surface area contributed by atoms with Crippen LogP contribution in [0.25, 0.3) is 0 Å². The van der Waals surface area contributed by atoms with E-state index in [-0.39, 0.29) is 0 Å². The third-order valence-electron chi connectivity index (χ3n) is 2.14. The highest BCUT2D eigenvalue weighted by Crippen LogP contribution is 2.23. The average molecular weight is 219 g/mol. The Morgan fingerprint density at radius 3 is 3.00 bits per heavy atom. The van der Waals surface area contributed by atoms with Crippen LogP contribution in [0.5, 0.6) is 5.75 Å². The average Bonchev–Trinajstić information content (AvgIpc) is 2.79. The van der Waals surface area contributed by atoms with Gasteiger partial charge in [0.2, 0.25) is 0 Å². The van der Waals surface area contributed by atoms with Gasteiger partial charge in [0.05, 0.1) is 25.5 Å². The fourth-order valence-corrected chi connectivity index (χ4v) is 1.34. The van der Waals surface area contributed by atoms with Crippen LogP contribution in [0, 0.1) is 6.92 Å². The third kappa shape index (κ3) is 2.28. The molecule has 0 radical (unpaired) electrons. The molecule has 0 aliphatic carbocycles. The van der Waals surface area contributed by atoms with Gasteiger partial charge in [-0.25, -0.2) is 4.98 Å². The molecule has 0 fully saturated rings. The zero-order valence-electron chi connectivity index (χ0n) is 9.19. The Morgan fingerprint density at radius 1 is 1.44 bits per heavy atom. The van der Waals surface area contributed by atoms with E-state index in [2.05, 4.69) is 25.5 Å². The van der Waals surface area contributed by atoms with Gasteiger partial charge in [0, 0.05) is 5.69 Å². The van der Waals surface area contributed by atoms with Crippen molar-refractivity contribution in [1.29, 1.82) is 0 Å². The number of H-pyrrole nitrogens is 1. The van der Waals surface area contributed by atoms with Crippen molar-refractivity contribution in [2.45, 2.75) is 13.5 Å². The van der Waals surface area contributed by atoms with Gasteiger partial charge in [-0.15, -0.1) is 0 Å². The Labute approximate surface area is 93.1 Å². The fraction of sp³-hybridized carbons (Fsp3) is 0.300. The van der Waals surface area contributed by atoms with Gasteiger partial charge >= 0.3 is 0 Å². The Bertz CT molecular complexity index is 454. The Morgan fingerprint density at radius 2 is 2.31 bits per heavy atom. The van der Waals surface area contributed by atoms with E-state index in [4.69, 9.17) is 4.74 Å². The van der Waals surface area contributed by atoms with Gasteiger partial charge < -0.3 is 10.1 Å². The van der Waals surface area contributed by atoms with Crippen LogP contribution in [0.3, 0.4) is 0 Å². The second kappa shape index (κ2) is 4.61. The van der Waals surface area contributed by atoms with Crippen molar-refractivity contribution in [2.24, 2.45) is 0 Å². The maximum Gasteiger partial charge on any atom is 0.160 e. The van der Waals surface area contributed by atoms with Crippen molar-refractivity contribution in [2.75, 3.05) is 12.4 Å². The van der Waals surface area contributed by atoms with Crippen LogP contribution in [-0.4, -0.2) is 27.3 Å². The summed E-state index contributed by atoms with van der Waals surface area (Å²) in [6.45, 7) is 2.50. The lowest BCUT2D eigenvalue weighted by Gasteiger charge is -2.09. The molecule has 0 bridgehead atoms. The predicted octanol–water partition coefficient (Wildman–Crippen LogP) is 1.13. The topological polar surface area (TPSA) is 75.7 Å². The van der Waals surface area contributed by atoms with E-state index in [0.29, 0.717) is 12.3 Å². The highest BCUT2D eigenvalue weighted by Gasteiger charge is 2.04. The minimum atomic E-state index is 0.569. The number of rotatable bonds is 4. The molecule has 0 spiro atoms. The van der Waals surface area contributed by atoms with E-state index in [1.165, 1.54) is 6.33 Å². The molecule has 2 aromatic heterocycles. The number of anilines is 1. The SMILES string of the molecule is COc1cnc(C)cc1NCc1ncn[nH]1. The summed E-state index contributed by atoms with van der Waals surface area (Å²) in [7, 11) is 1.62. The maximum atomic E-state index is 5.20. The number of ether oxygens (including phenoxy) is 1. The number of nitrogens with zero attached hydrogens (tertiary/aromatic N) is 3. The molecule has 6 nitrogen and oxygen atoms in total. The number of hydrogen-bond acceptors (Lipinski definition) is 5. The van der Waals surface area contributed by atoms with E-state index in [9.17, 15) is 0 Å².